The first-order valence-corrected chi connectivity index (χ1v) is 7.90. The lowest BCUT2D eigenvalue weighted by molar-refractivity contribution is -0.107. The second kappa shape index (κ2) is 6.63. The molecule has 0 N–H and O–H groups in total. The Morgan fingerprint density at radius 2 is 2.23 bits per heavy atom. The maximum atomic E-state index is 11.1. The minimum atomic E-state index is 0.317. The number of nitrogens with zero attached hydrogens (tertiary/aromatic N) is 2. The maximum Gasteiger partial charge on any atom is 0.124 e. The lowest BCUT2D eigenvalue weighted by atomic mass is 10.0. The van der Waals surface area contributed by atoms with E-state index in [1.54, 1.807) is 13.3 Å². The van der Waals surface area contributed by atoms with Crippen LogP contribution in [0.1, 0.15) is 18.4 Å². The number of ether oxygens (including phenoxy) is 1. The molecule has 1 saturated heterocycles. The number of aldehydes is 1. The molecule has 0 atom stereocenters. The molecule has 0 unspecified atom stereocenters. The summed E-state index contributed by atoms with van der Waals surface area (Å²) in [7, 11) is 1.76. The van der Waals surface area contributed by atoms with Gasteiger partial charge in [-0.15, -0.1) is 0 Å². The molecule has 22 heavy (non-hydrogen) atoms. The Morgan fingerprint density at radius 1 is 1.45 bits per heavy atom. The van der Waals surface area contributed by atoms with Gasteiger partial charge in [-0.3, -0.25) is 4.98 Å². The molecular formula is C17H19ClN2O2. The third kappa shape index (κ3) is 2.81. The van der Waals surface area contributed by atoms with E-state index in [2.05, 4.69) is 9.88 Å². The molecule has 116 valence electrons. The topological polar surface area (TPSA) is 42.4 Å². The normalized spacial score (nSPS) is 16.2. The third-order valence-electron chi connectivity index (χ3n) is 4.29. The first kappa shape index (κ1) is 15.3. The summed E-state index contributed by atoms with van der Waals surface area (Å²) in [5, 5.41) is 1.58. The number of anilines is 1. The van der Waals surface area contributed by atoms with Crippen molar-refractivity contribution < 1.29 is 9.53 Å². The molecule has 1 fully saturated rings. The molecule has 1 aliphatic rings. The summed E-state index contributed by atoms with van der Waals surface area (Å²) >= 11 is 6.36. The van der Waals surface area contributed by atoms with Crippen LogP contribution in [0.15, 0.2) is 24.4 Å². The molecule has 1 aliphatic heterocycles. The van der Waals surface area contributed by atoms with E-state index in [-0.39, 0.29) is 0 Å². The average Bonchev–Trinajstić information content (AvgIpc) is 2.56. The highest BCUT2D eigenvalue weighted by molar-refractivity contribution is 6.36. The van der Waals surface area contributed by atoms with Crippen LogP contribution in [-0.4, -0.2) is 37.6 Å². The standard InChI is InChI=1S/C17H19ClN2O2/c1-22-13-4-8-20(9-5-13)17-12(6-10-21)11-15(18)14-3-2-7-19-16(14)17/h2-3,7,10-11,13H,4-6,8-9H2,1H3. The molecule has 0 amide bonds. The van der Waals surface area contributed by atoms with Gasteiger partial charge in [0.05, 0.1) is 22.3 Å². The van der Waals surface area contributed by atoms with Crippen LogP contribution in [0.4, 0.5) is 5.69 Å². The Labute approximate surface area is 135 Å². The number of hydrogen-bond acceptors (Lipinski definition) is 4. The van der Waals surface area contributed by atoms with Gasteiger partial charge in [0.25, 0.3) is 0 Å². The van der Waals surface area contributed by atoms with Crippen LogP contribution in [0.3, 0.4) is 0 Å². The molecule has 0 saturated carbocycles. The van der Waals surface area contributed by atoms with Gasteiger partial charge in [-0.1, -0.05) is 11.6 Å². The Kier molecular flexibility index (Phi) is 4.60. The fourth-order valence-corrected chi connectivity index (χ4v) is 3.44. The summed E-state index contributed by atoms with van der Waals surface area (Å²) in [5.74, 6) is 0. The van der Waals surface area contributed by atoms with E-state index >= 15 is 0 Å². The number of rotatable bonds is 4. The van der Waals surface area contributed by atoms with E-state index in [1.807, 2.05) is 18.2 Å². The number of carbonyl (C=O) groups excluding carboxylic acids is 1. The highest BCUT2D eigenvalue weighted by Crippen LogP contribution is 2.36. The summed E-state index contributed by atoms with van der Waals surface area (Å²) in [6.07, 6.45) is 5.33. The van der Waals surface area contributed by atoms with Crippen molar-refractivity contribution in [3.8, 4) is 0 Å². The Balaban J connectivity index is 2.08. The van der Waals surface area contributed by atoms with Gasteiger partial charge in [-0.05, 0) is 36.6 Å². The van der Waals surface area contributed by atoms with E-state index in [0.717, 1.165) is 54.4 Å². The van der Waals surface area contributed by atoms with Gasteiger partial charge in [-0.25, -0.2) is 0 Å². The van der Waals surface area contributed by atoms with Gasteiger partial charge in [0.2, 0.25) is 0 Å². The minimum absolute atomic E-state index is 0.317. The average molecular weight is 319 g/mol. The molecule has 2 aromatic rings. The van der Waals surface area contributed by atoms with Gasteiger partial charge in [0.1, 0.15) is 6.29 Å². The summed E-state index contributed by atoms with van der Waals surface area (Å²) in [6.45, 7) is 1.80. The molecule has 4 nitrogen and oxygen atoms in total. The number of fused-ring (bicyclic) bond motifs is 1. The Hall–Kier alpha value is -1.65. The van der Waals surface area contributed by atoms with Gasteiger partial charge < -0.3 is 14.4 Å². The van der Waals surface area contributed by atoms with Crippen molar-refractivity contribution in [3.63, 3.8) is 0 Å². The monoisotopic (exact) mass is 318 g/mol. The number of benzene rings is 1. The molecule has 3 rings (SSSR count). The predicted molar refractivity (Wildman–Crippen MR) is 88.8 cm³/mol. The fourth-order valence-electron chi connectivity index (χ4n) is 3.15. The number of halogens is 1. The van der Waals surface area contributed by atoms with Crippen LogP contribution < -0.4 is 4.90 Å². The summed E-state index contributed by atoms with van der Waals surface area (Å²) < 4.78 is 5.44. The molecule has 0 bridgehead atoms. The van der Waals surface area contributed by atoms with Crippen molar-refractivity contribution in [1.82, 2.24) is 4.98 Å². The number of piperidine rings is 1. The highest BCUT2D eigenvalue weighted by atomic mass is 35.5. The van der Waals surface area contributed by atoms with Crippen molar-refractivity contribution in [2.75, 3.05) is 25.1 Å². The van der Waals surface area contributed by atoms with Crippen LogP contribution in [-0.2, 0) is 16.0 Å². The van der Waals surface area contributed by atoms with Crippen molar-refractivity contribution >= 4 is 34.5 Å². The Morgan fingerprint density at radius 3 is 2.91 bits per heavy atom. The predicted octanol–water partition coefficient (Wildman–Crippen LogP) is 3.24. The number of carbonyl (C=O) groups is 1. The van der Waals surface area contributed by atoms with Gasteiger partial charge in [0.15, 0.2) is 0 Å². The van der Waals surface area contributed by atoms with Crippen LogP contribution in [0.25, 0.3) is 10.9 Å². The third-order valence-corrected chi connectivity index (χ3v) is 4.60. The lowest BCUT2D eigenvalue weighted by Crippen LogP contribution is -2.37. The van der Waals surface area contributed by atoms with Crippen molar-refractivity contribution in [3.05, 3.63) is 35.0 Å². The second-order valence-corrected chi connectivity index (χ2v) is 5.97. The maximum absolute atomic E-state index is 11.1. The first-order chi connectivity index (χ1) is 10.7. The van der Waals surface area contributed by atoms with Crippen LogP contribution in [0.5, 0.6) is 0 Å². The number of hydrogen-bond donors (Lipinski definition) is 0. The van der Waals surface area contributed by atoms with Crippen molar-refractivity contribution in [2.45, 2.75) is 25.4 Å². The highest BCUT2D eigenvalue weighted by Gasteiger charge is 2.23. The minimum Gasteiger partial charge on any atom is -0.381 e. The van der Waals surface area contributed by atoms with E-state index < -0.39 is 0 Å². The van der Waals surface area contributed by atoms with Crippen LogP contribution >= 0.6 is 11.6 Å². The number of pyridine rings is 1. The quantitative estimate of drug-likeness (QED) is 0.812. The van der Waals surface area contributed by atoms with E-state index in [9.17, 15) is 4.79 Å². The zero-order chi connectivity index (χ0) is 15.5. The van der Waals surface area contributed by atoms with Crippen molar-refractivity contribution in [1.29, 1.82) is 0 Å². The largest absolute Gasteiger partial charge is 0.381 e. The molecule has 1 aromatic heterocycles. The van der Waals surface area contributed by atoms with E-state index in [0.29, 0.717) is 17.5 Å². The van der Waals surface area contributed by atoms with Gasteiger partial charge in [0, 0.05) is 38.2 Å². The Bertz CT molecular complexity index is 682. The number of methoxy groups -OCH3 is 1. The van der Waals surface area contributed by atoms with E-state index in [4.69, 9.17) is 16.3 Å². The molecule has 0 radical (unpaired) electrons. The van der Waals surface area contributed by atoms with Crippen LogP contribution in [0.2, 0.25) is 5.02 Å². The first-order valence-electron chi connectivity index (χ1n) is 7.52. The SMILES string of the molecule is COC1CCN(c2c(CC=O)cc(Cl)c3cccnc23)CC1. The van der Waals surface area contributed by atoms with E-state index in [1.165, 1.54) is 0 Å². The second-order valence-electron chi connectivity index (χ2n) is 5.56. The molecule has 0 spiro atoms. The molecule has 1 aromatic carbocycles. The molecule has 5 heteroatoms. The lowest BCUT2D eigenvalue weighted by Gasteiger charge is -2.34. The number of aromatic nitrogens is 1. The zero-order valence-corrected chi connectivity index (χ0v) is 13.3. The summed E-state index contributed by atoms with van der Waals surface area (Å²) in [5.41, 5.74) is 2.87. The van der Waals surface area contributed by atoms with Gasteiger partial charge >= 0.3 is 0 Å². The fraction of sp³-hybridized carbons (Fsp3) is 0.412. The summed E-state index contributed by atoms with van der Waals surface area (Å²) in [6, 6.07) is 5.76. The van der Waals surface area contributed by atoms with Gasteiger partial charge in [-0.2, -0.15) is 0 Å². The zero-order valence-electron chi connectivity index (χ0n) is 12.6. The smallest absolute Gasteiger partial charge is 0.124 e. The molecule has 0 aliphatic carbocycles. The summed E-state index contributed by atoms with van der Waals surface area (Å²) in [4.78, 5) is 17.9. The molecular weight excluding hydrogens is 300 g/mol. The molecule has 2 heterocycles. The van der Waals surface area contributed by atoms with Crippen molar-refractivity contribution in [2.24, 2.45) is 0 Å². The van der Waals surface area contributed by atoms with Crippen LogP contribution in [0, 0.1) is 0 Å².